The number of hydrogen-bond donors (Lipinski definition) is 2. The van der Waals surface area contributed by atoms with E-state index in [4.69, 9.17) is 0 Å². The molecule has 6 heteroatoms. The minimum Gasteiger partial charge on any atom is -0.383 e. The van der Waals surface area contributed by atoms with E-state index in [1.165, 1.54) is 44.2 Å². The van der Waals surface area contributed by atoms with Gasteiger partial charge in [-0.25, -0.2) is 0 Å². The van der Waals surface area contributed by atoms with E-state index in [9.17, 15) is 0 Å². The van der Waals surface area contributed by atoms with Gasteiger partial charge in [0.15, 0.2) is 0 Å². The Morgan fingerprint density at radius 3 is 1.54 bits per heavy atom. The van der Waals surface area contributed by atoms with Crippen molar-refractivity contribution >= 4 is 58.4 Å². The lowest BCUT2D eigenvalue weighted by Gasteiger charge is -2.13. The molecule has 1 aliphatic rings. The van der Waals surface area contributed by atoms with Gasteiger partial charge in [-0.1, -0.05) is 24.3 Å². The largest absolute Gasteiger partial charge is 0.383 e. The highest BCUT2D eigenvalue weighted by Gasteiger charge is 2.05. The van der Waals surface area contributed by atoms with E-state index in [1.54, 1.807) is 0 Å². The van der Waals surface area contributed by atoms with Crippen LogP contribution in [0.15, 0.2) is 58.3 Å². The fourth-order valence-electron chi connectivity index (χ4n) is 2.62. The van der Waals surface area contributed by atoms with E-state index in [-0.39, 0.29) is 0 Å². The van der Waals surface area contributed by atoms with Crippen LogP contribution in [0.3, 0.4) is 0 Å². The summed E-state index contributed by atoms with van der Waals surface area (Å²) in [7, 11) is 0. The Bertz CT molecular complexity index is 554. The summed E-state index contributed by atoms with van der Waals surface area (Å²) in [6, 6.07) is 17.4. The van der Waals surface area contributed by atoms with Gasteiger partial charge in [-0.15, -0.1) is 23.5 Å². The zero-order chi connectivity index (χ0) is 17.9. The van der Waals surface area contributed by atoms with Gasteiger partial charge in [0.1, 0.15) is 0 Å². The molecule has 0 fully saturated rings. The average Bonchev–Trinajstić information content (AvgIpc) is 2.68. The minimum atomic E-state index is 1.02. The molecule has 3 rings (SSSR count). The molecule has 0 saturated carbocycles. The number of benzene rings is 2. The zero-order valence-electron chi connectivity index (χ0n) is 14.9. The fraction of sp³-hybridized carbons (Fsp3) is 0.400. The summed E-state index contributed by atoms with van der Waals surface area (Å²) >= 11 is 8.01. The molecule has 0 amide bonds. The van der Waals surface area contributed by atoms with Gasteiger partial charge in [0.05, 0.1) is 0 Å². The first-order valence-electron chi connectivity index (χ1n) is 9.00. The van der Waals surface area contributed by atoms with Gasteiger partial charge in [0, 0.05) is 68.8 Å². The predicted molar refractivity (Wildman–Crippen MR) is 126 cm³/mol. The third-order valence-electron chi connectivity index (χ3n) is 3.87. The Hall–Kier alpha value is -0.560. The van der Waals surface area contributed by atoms with E-state index < -0.39 is 0 Å². The van der Waals surface area contributed by atoms with E-state index >= 15 is 0 Å². The lowest BCUT2D eigenvalue weighted by molar-refractivity contribution is 1.17. The van der Waals surface area contributed by atoms with Crippen LogP contribution >= 0.6 is 47.0 Å². The molecule has 2 aromatic carbocycles. The summed E-state index contributed by atoms with van der Waals surface area (Å²) in [5.41, 5.74) is 2.57. The first-order valence-corrected chi connectivity index (χ1v) is 13.3. The maximum Gasteiger partial charge on any atom is 0.0478 e. The monoisotopic (exact) mass is 422 g/mol. The van der Waals surface area contributed by atoms with Gasteiger partial charge in [0.2, 0.25) is 0 Å². The van der Waals surface area contributed by atoms with Crippen molar-refractivity contribution in [2.45, 2.75) is 9.79 Å². The third-order valence-corrected chi connectivity index (χ3v) is 8.51. The predicted octanol–water partition coefficient (Wildman–Crippen LogP) is 5.87. The molecule has 0 atom stereocenters. The third kappa shape index (κ3) is 6.87. The molecule has 26 heavy (non-hydrogen) atoms. The first kappa shape index (κ1) is 20.2. The van der Waals surface area contributed by atoms with Crippen molar-refractivity contribution in [3.05, 3.63) is 48.5 Å². The second kappa shape index (κ2) is 12.0. The van der Waals surface area contributed by atoms with Crippen LogP contribution in [0.5, 0.6) is 0 Å². The summed E-state index contributed by atoms with van der Waals surface area (Å²) in [6.45, 7) is 2.03. The second-order valence-electron chi connectivity index (χ2n) is 5.77. The fourth-order valence-corrected chi connectivity index (χ4v) is 6.51. The molecule has 0 bridgehead atoms. The van der Waals surface area contributed by atoms with Gasteiger partial charge < -0.3 is 10.6 Å². The quantitative estimate of drug-likeness (QED) is 0.550. The van der Waals surface area contributed by atoms with Crippen LogP contribution in [0.25, 0.3) is 0 Å². The van der Waals surface area contributed by atoms with Gasteiger partial charge in [-0.05, 0) is 24.3 Å². The van der Waals surface area contributed by atoms with E-state index in [0.29, 0.717) is 0 Å². The lowest BCUT2D eigenvalue weighted by Crippen LogP contribution is -2.09. The highest BCUT2D eigenvalue weighted by Crippen LogP contribution is 2.29. The highest BCUT2D eigenvalue weighted by atomic mass is 32.2. The molecule has 140 valence electrons. The van der Waals surface area contributed by atoms with Gasteiger partial charge in [0.25, 0.3) is 0 Å². The molecule has 1 heterocycles. The van der Waals surface area contributed by atoms with Crippen LogP contribution in [-0.2, 0) is 0 Å². The Balaban J connectivity index is 1.56. The standard InChI is InChI=1S/C20H26N2S4/c1-3-7-19-17(5-1)21-9-11-23-12-10-22-18-6-2-4-8-20(18)26-16-14-24-13-15-25-19/h1-8,21-22H,9-16H2. The van der Waals surface area contributed by atoms with Crippen molar-refractivity contribution in [2.24, 2.45) is 0 Å². The molecular formula is C20H26N2S4. The summed E-state index contributed by atoms with van der Waals surface area (Å²) in [6.07, 6.45) is 0. The van der Waals surface area contributed by atoms with Crippen LogP contribution in [0, 0.1) is 0 Å². The van der Waals surface area contributed by atoms with Crippen molar-refractivity contribution in [2.75, 3.05) is 58.2 Å². The van der Waals surface area contributed by atoms with Crippen molar-refractivity contribution in [3.8, 4) is 0 Å². The number of nitrogens with one attached hydrogen (secondary N) is 2. The van der Waals surface area contributed by atoms with Crippen molar-refractivity contribution in [1.82, 2.24) is 0 Å². The summed E-state index contributed by atoms with van der Waals surface area (Å²) in [4.78, 5) is 2.76. The zero-order valence-corrected chi connectivity index (χ0v) is 18.2. The van der Waals surface area contributed by atoms with Gasteiger partial charge in [-0.3, -0.25) is 0 Å². The molecule has 0 aliphatic carbocycles. The van der Waals surface area contributed by atoms with Crippen LogP contribution in [0.4, 0.5) is 11.4 Å². The number of hydrogen-bond acceptors (Lipinski definition) is 6. The molecule has 1 aliphatic heterocycles. The Morgan fingerprint density at radius 1 is 0.538 bits per heavy atom. The Labute approximate surface area is 174 Å². The molecule has 0 unspecified atom stereocenters. The van der Waals surface area contributed by atoms with Crippen LogP contribution in [0.2, 0.25) is 0 Å². The Morgan fingerprint density at radius 2 is 1.00 bits per heavy atom. The molecule has 2 aromatic rings. The lowest BCUT2D eigenvalue weighted by atomic mass is 10.3. The van der Waals surface area contributed by atoms with Gasteiger partial charge >= 0.3 is 0 Å². The number of anilines is 2. The van der Waals surface area contributed by atoms with Crippen molar-refractivity contribution in [3.63, 3.8) is 0 Å². The molecular weight excluding hydrogens is 397 g/mol. The Kier molecular flexibility index (Phi) is 9.32. The maximum atomic E-state index is 3.61. The van der Waals surface area contributed by atoms with Crippen LogP contribution in [-0.4, -0.2) is 47.6 Å². The van der Waals surface area contributed by atoms with Crippen molar-refractivity contribution in [1.29, 1.82) is 0 Å². The van der Waals surface area contributed by atoms with E-state index in [0.717, 1.165) is 24.6 Å². The van der Waals surface area contributed by atoms with Crippen LogP contribution < -0.4 is 10.6 Å². The summed E-state index contributed by atoms with van der Waals surface area (Å²) in [5.74, 6) is 7.01. The maximum absolute atomic E-state index is 3.61. The molecule has 0 spiro atoms. The number of thioether (sulfide) groups is 4. The number of para-hydroxylation sites is 2. The molecule has 0 radical (unpaired) electrons. The smallest absolute Gasteiger partial charge is 0.0478 e. The molecule has 2 nitrogen and oxygen atoms in total. The van der Waals surface area contributed by atoms with Crippen molar-refractivity contribution < 1.29 is 0 Å². The second-order valence-corrected chi connectivity index (χ2v) is 10.5. The summed E-state index contributed by atoms with van der Waals surface area (Å²) < 4.78 is 0. The van der Waals surface area contributed by atoms with Gasteiger partial charge in [-0.2, -0.15) is 23.5 Å². The van der Waals surface area contributed by atoms with E-state index in [2.05, 4.69) is 70.9 Å². The number of rotatable bonds is 0. The molecule has 2 N–H and O–H groups in total. The average molecular weight is 423 g/mol. The van der Waals surface area contributed by atoms with E-state index in [1.807, 2.05) is 35.3 Å². The molecule has 0 saturated heterocycles. The minimum absolute atomic E-state index is 1.02. The van der Waals surface area contributed by atoms with Crippen LogP contribution in [0.1, 0.15) is 0 Å². The molecule has 0 aromatic heterocycles. The normalized spacial score (nSPS) is 17.5. The highest BCUT2D eigenvalue weighted by molar-refractivity contribution is 8.04. The summed E-state index contributed by atoms with van der Waals surface area (Å²) in [5, 5.41) is 7.22. The topological polar surface area (TPSA) is 24.1 Å². The number of fused-ring (bicyclic) bond motifs is 2. The first-order chi connectivity index (χ1) is 12.9. The SMILES string of the molecule is c1ccc2c(c1)NCCSCCNc1ccccc1SCCSCCS2.